The van der Waals surface area contributed by atoms with Gasteiger partial charge in [0.15, 0.2) is 5.13 Å². The van der Waals surface area contributed by atoms with Crippen molar-refractivity contribution in [2.45, 2.75) is 20.4 Å². The molecule has 3 aromatic rings. The number of thiazole rings is 1. The number of carbonyl (C=O) groups excluding carboxylic acids is 1. The number of benzene rings is 1. The number of aromatic nitrogens is 2. The second kappa shape index (κ2) is 6.14. The highest BCUT2D eigenvalue weighted by Gasteiger charge is 2.17. The van der Waals surface area contributed by atoms with Crippen molar-refractivity contribution >= 4 is 44.9 Å². The Morgan fingerprint density at radius 1 is 1.43 bits per heavy atom. The molecule has 2 aromatic heterocycles. The second-order valence-corrected chi connectivity index (χ2v) is 6.32. The van der Waals surface area contributed by atoms with Crippen LogP contribution in [0, 0.1) is 6.92 Å². The Hall–Kier alpha value is -2.18. The molecule has 0 saturated heterocycles. The summed E-state index contributed by atoms with van der Waals surface area (Å²) in [5.74, 6) is -0.457. The Labute approximate surface area is 141 Å². The predicted molar refractivity (Wildman–Crippen MR) is 93.7 cm³/mol. The van der Waals surface area contributed by atoms with Crippen molar-refractivity contribution in [2.24, 2.45) is 0 Å². The number of anilines is 1. The molecule has 3 rings (SSSR count). The van der Waals surface area contributed by atoms with Gasteiger partial charge in [-0.2, -0.15) is 0 Å². The SMILES string of the molecule is CCn1cc(C(=O)Nc2nccs2)c(=O)c2ccc(Cl)c(C)c21. The van der Waals surface area contributed by atoms with E-state index in [0.717, 1.165) is 11.1 Å². The minimum atomic E-state index is -0.457. The van der Waals surface area contributed by atoms with Gasteiger partial charge in [-0.1, -0.05) is 11.6 Å². The van der Waals surface area contributed by atoms with Gasteiger partial charge in [0.2, 0.25) is 5.43 Å². The first-order valence-electron chi connectivity index (χ1n) is 7.06. The maximum absolute atomic E-state index is 12.7. The van der Waals surface area contributed by atoms with E-state index in [0.29, 0.717) is 22.1 Å². The molecule has 0 radical (unpaired) electrons. The zero-order valence-electron chi connectivity index (χ0n) is 12.6. The number of aryl methyl sites for hydroxylation is 2. The third-order valence-electron chi connectivity index (χ3n) is 3.66. The van der Waals surface area contributed by atoms with Crippen LogP contribution < -0.4 is 10.7 Å². The van der Waals surface area contributed by atoms with Gasteiger partial charge in [-0.25, -0.2) is 4.98 Å². The normalized spacial score (nSPS) is 10.9. The highest BCUT2D eigenvalue weighted by molar-refractivity contribution is 7.13. The van der Waals surface area contributed by atoms with Crippen LogP contribution in [0.2, 0.25) is 5.02 Å². The Bertz CT molecular complexity index is 948. The van der Waals surface area contributed by atoms with Crippen LogP contribution in [0.3, 0.4) is 0 Å². The van der Waals surface area contributed by atoms with Crippen LogP contribution in [0.4, 0.5) is 5.13 Å². The summed E-state index contributed by atoms with van der Waals surface area (Å²) in [5, 5.41) is 5.95. The van der Waals surface area contributed by atoms with Crippen molar-refractivity contribution in [3.05, 3.63) is 56.3 Å². The van der Waals surface area contributed by atoms with Gasteiger partial charge >= 0.3 is 0 Å². The van der Waals surface area contributed by atoms with Crippen LogP contribution in [-0.2, 0) is 6.54 Å². The van der Waals surface area contributed by atoms with Crippen molar-refractivity contribution in [3.8, 4) is 0 Å². The van der Waals surface area contributed by atoms with Gasteiger partial charge in [-0.15, -0.1) is 11.3 Å². The van der Waals surface area contributed by atoms with Crippen LogP contribution in [0.25, 0.3) is 10.9 Å². The summed E-state index contributed by atoms with van der Waals surface area (Å²) < 4.78 is 1.87. The number of carbonyl (C=O) groups is 1. The van der Waals surface area contributed by atoms with Crippen LogP contribution in [0.1, 0.15) is 22.8 Å². The number of hydrogen-bond donors (Lipinski definition) is 1. The number of hydrogen-bond acceptors (Lipinski definition) is 4. The molecule has 0 aliphatic heterocycles. The highest BCUT2D eigenvalue weighted by Crippen LogP contribution is 2.24. The van der Waals surface area contributed by atoms with E-state index in [1.54, 1.807) is 29.9 Å². The van der Waals surface area contributed by atoms with Crippen LogP contribution in [0.5, 0.6) is 0 Å². The first-order valence-corrected chi connectivity index (χ1v) is 8.31. The monoisotopic (exact) mass is 347 g/mol. The van der Waals surface area contributed by atoms with Gasteiger partial charge in [0.25, 0.3) is 5.91 Å². The minimum Gasteiger partial charge on any atom is -0.346 e. The first kappa shape index (κ1) is 15.7. The van der Waals surface area contributed by atoms with Crippen LogP contribution >= 0.6 is 22.9 Å². The number of pyridine rings is 1. The molecule has 1 aromatic carbocycles. The molecule has 2 heterocycles. The molecule has 0 fully saturated rings. The Kier molecular flexibility index (Phi) is 4.19. The quantitative estimate of drug-likeness (QED) is 0.785. The molecule has 0 spiro atoms. The molecule has 1 N–H and O–H groups in total. The van der Waals surface area contributed by atoms with Crippen molar-refractivity contribution in [3.63, 3.8) is 0 Å². The molecule has 0 unspecified atom stereocenters. The lowest BCUT2D eigenvalue weighted by Gasteiger charge is -2.14. The summed E-state index contributed by atoms with van der Waals surface area (Å²) in [6.45, 7) is 4.44. The molecular weight excluding hydrogens is 334 g/mol. The fourth-order valence-corrected chi connectivity index (χ4v) is 3.19. The molecule has 0 atom stereocenters. The fraction of sp³-hybridized carbons (Fsp3) is 0.188. The van der Waals surface area contributed by atoms with Gasteiger partial charge < -0.3 is 4.57 Å². The number of fused-ring (bicyclic) bond motifs is 1. The van der Waals surface area contributed by atoms with E-state index in [9.17, 15) is 9.59 Å². The maximum Gasteiger partial charge on any atom is 0.262 e. The predicted octanol–water partition coefficient (Wildman–Crippen LogP) is 3.69. The summed E-state index contributed by atoms with van der Waals surface area (Å²) in [7, 11) is 0. The summed E-state index contributed by atoms with van der Waals surface area (Å²) >= 11 is 7.46. The molecule has 1 amide bonds. The number of rotatable bonds is 3. The molecule has 5 nitrogen and oxygen atoms in total. The number of nitrogens with one attached hydrogen (secondary N) is 1. The van der Waals surface area contributed by atoms with Crippen molar-refractivity contribution in [1.29, 1.82) is 0 Å². The zero-order valence-corrected chi connectivity index (χ0v) is 14.2. The van der Waals surface area contributed by atoms with E-state index in [2.05, 4.69) is 10.3 Å². The molecular formula is C16H14ClN3O2S. The van der Waals surface area contributed by atoms with Crippen molar-refractivity contribution in [1.82, 2.24) is 9.55 Å². The summed E-state index contributed by atoms with van der Waals surface area (Å²) in [5.41, 5.74) is 1.38. The summed E-state index contributed by atoms with van der Waals surface area (Å²) in [4.78, 5) is 29.1. The van der Waals surface area contributed by atoms with E-state index in [-0.39, 0.29) is 11.0 Å². The first-order chi connectivity index (χ1) is 11.0. The average molecular weight is 348 g/mol. The molecule has 0 saturated carbocycles. The standard InChI is InChI=1S/C16H14ClN3O2S/c1-3-20-8-11(15(22)19-16-18-6-7-23-16)14(21)10-4-5-12(17)9(2)13(10)20/h4-8H,3H2,1-2H3,(H,18,19,22). The van der Waals surface area contributed by atoms with E-state index in [1.807, 2.05) is 18.4 Å². The number of halogens is 1. The van der Waals surface area contributed by atoms with Gasteiger partial charge in [-0.3, -0.25) is 14.9 Å². The smallest absolute Gasteiger partial charge is 0.262 e. The summed E-state index contributed by atoms with van der Waals surface area (Å²) in [6, 6.07) is 3.35. The van der Waals surface area contributed by atoms with Gasteiger partial charge in [0.1, 0.15) is 5.56 Å². The van der Waals surface area contributed by atoms with Crippen LogP contribution in [0.15, 0.2) is 34.7 Å². The second-order valence-electron chi connectivity index (χ2n) is 5.02. The topological polar surface area (TPSA) is 64.0 Å². The van der Waals surface area contributed by atoms with Gasteiger partial charge in [0, 0.05) is 34.7 Å². The zero-order chi connectivity index (χ0) is 16.6. The van der Waals surface area contributed by atoms with E-state index in [1.165, 1.54) is 11.3 Å². The molecule has 7 heteroatoms. The Balaban J connectivity index is 2.19. The molecule has 0 aliphatic carbocycles. The lowest BCUT2D eigenvalue weighted by atomic mass is 10.1. The van der Waals surface area contributed by atoms with Crippen molar-refractivity contribution in [2.75, 3.05) is 5.32 Å². The highest BCUT2D eigenvalue weighted by atomic mass is 35.5. The Morgan fingerprint density at radius 2 is 2.22 bits per heavy atom. The number of amides is 1. The lowest BCUT2D eigenvalue weighted by molar-refractivity contribution is 0.102. The summed E-state index contributed by atoms with van der Waals surface area (Å²) in [6.07, 6.45) is 3.17. The molecule has 0 bridgehead atoms. The van der Waals surface area contributed by atoms with E-state index >= 15 is 0 Å². The van der Waals surface area contributed by atoms with Gasteiger partial charge in [0.05, 0.1) is 5.52 Å². The van der Waals surface area contributed by atoms with Gasteiger partial charge in [-0.05, 0) is 31.5 Å². The molecule has 0 aliphatic rings. The average Bonchev–Trinajstić information content (AvgIpc) is 3.04. The fourth-order valence-electron chi connectivity index (χ4n) is 2.51. The minimum absolute atomic E-state index is 0.0938. The third kappa shape index (κ3) is 2.75. The van der Waals surface area contributed by atoms with E-state index < -0.39 is 5.91 Å². The molecule has 23 heavy (non-hydrogen) atoms. The van der Waals surface area contributed by atoms with E-state index in [4.69, 9.17) is 11.6 Å². The lowest BCUT2D eigenvalue weighted by Crippen LogP contribution is -2.24. The molecule has 118 valence electrons. The van der Waals surface area contributed by atoms with Crippen LogP contribution in [-0.4, -0.2) is 15.5 Å². The number of nitrogens with zero attached hydrogens (tertiary/aromatic N) is 2. The Morgan fingerprint density at radius 3 is 2.87 bits per heavy atom. The largest absolute Gasteiger partial charge is 0.346 e. The maximum atomic E-state index is 12.7. The third-order valence-corrected chi connectivity index (χ3v) is 4.76. The van der Waals surface area contributed by atoms with Crippen molar-refractivity contribution < 1.29 is 4.79 Å².